The van der Waals surface area contributed by atoms with Gasteiger partial charge in [0, 0.05) is 42.5 Å². The van der Waals surface area contributed by atoms with Crippen molar-refractivity contribution in [2.75, 3.05) is 23.7 Å². The fraction of sp³-hybridized carbons (Fsp3) is 0.355. The van der Waals surface area contributed by atoms with E-state index in [1.165, 1.54) is 12.1 Å². The molecule has 3 aromatic rings. The summed E-state index contributed by atoms with van der Waals surface area (Å²) in [6.45, 7) is 2.71. The van der Waals surface area contributed by atoms with Crippen LogP contribution in [0.2, 0.25) is 15.1 Å². The highest BCUT2D eigenvalue weighted by Gasteiger charge is 2.30. The Morgan fingerprint density at radius 3 is 2.24 bits per heavy atom. The van der Waals surface area contributed by atoms with Gasteiger partial charge in [-0.25, -0.2) is 8.42 Å². The molecule has 7 nitrogen and oxygen atoms in total. The molecule has 2 amide bonds. The fourth-order valence-electron chi connectivity index (χ4n) is 4.55. The number of carbonyl (C=O) groups excluding carboxylic acids is 2. The highest BCUT2D eigenvalue weighted by molar-refractivity contribution is 7.92. The van der Waals surface area contributed by atoms with Crippen LogP contribution < -0.4 is 9.62 Å². The smallest absolute Gasteiger partial charge is 0.243 e. The second kappa shape index (κ2) is 16.2. The van der Waals surface area contributed by atoms with Crippen molar-refractivity contribution in [2.45, 2.75) is 51.6 Å². The number of rotatable bonds is 15. The van der Waals surface area contributed by atoms with E-state index in [-0.39, 0.29) is 48.5 Å². The highest BCUT2D eigenvalue weighted by atomic mass is 35.5. The van der Waals surface area contributed by atoms with Gasteiger partial charge in [0.05, 0.1) is 17.0 Å². The molecule has 42 heavy (non-hydrogen) atoms. The summed E-state index contributed by atoms with van der Waals surface area (Å²) in [5, 5.41) is 4.08. The summed E-state index contributed by atoms with van der Waals surface area (Å²) in [7, 11) is -3.73. The first-order valence-corrected chi connectivity index (χ1v) is 16.8. The number of sulfonamides is 1. The Labute approximate surface area is 263 Å². The van der Waals surface area contributed by atoms with E-state index in [1.807, 2.05) is 43.3 Å². The van der Waals surface area contributed by atoms with Crippen molar-refractivity contribution < 1.29 is 18.0 Å². The molecule has 0 aliphatic carbocycles. The predicted octanol–water partition coefficient (Wildman–Crippen LogP) is 6.75. The number of amides is 2. The number of unbranched alkanes of at least 4 members (excludes halogenated alkanes) is 1. The average molecular weight is 653 g/mol. The molecule has 0 bridgehead atoms. The zero-order valence-corrected chi connectivity index (χ0v) is 26.8. The van der Waals surface area contributed by atoms with Crippen LogP contribution in [0.5, 0.6) is 0 Å². The van der Waals surface area contributed by atoms with Gasteiger partial charge in [-0.15, -0.1) is 0 Å². The minimum atomic E-state index is -3.73. The zero-order valence-electron chi connectivity index (χ0n) is 23.7. The van der Waals surface area contributed by atoms with E-state index >= 15 is 0 Å². The lowest BCUT2D eigenvalue weighted by atomic mass is 10.0. The van der Waals surface area contributed by atoms with Crippen molar-refractivity contribution in [3.8, 4) is 0 Å². The molecule has 0 radical (unpaired) electrons. The number of anilines is 1. The maximum absolute atomic E-state index is 13.9. The number of hydrogen-bond acceptors (Lipinski definition) is 4. The third-order valence-corrected chi connectivity index (χ3v) is 8.64. The Morgan fingerprint density at radius 1 is 0.881 bits per heavy atom. The summed E-state index contributed by atoms with van der Waals surface area (Å²) in [4.78, 5) is 29.0. The molecule has 1 atom stereocenters. The summed E-state index contributed by atoms with van der Waals surface area (Å²) < 4.78 is 26.5. The molecule has 11 heteroatoms. The first-order valence-electron chi connectivity index (χ1n) is 13.8. The number of halogens is 3. The highest BCUT2D eigenvalue weighted by Crippen LogP contribution is 2.31. The number of hydrogen-bond donors (Lipinski definition) is 1. The van der Waals surface area contributed by atoms with Crippen molar-refractivity contribution in [2.24, 2.45) is 0 Å². The Balaban J connectivity index is 1.89. The van der Waals surface area contributed by atoms with Crippen LogP contribution in [0.15, 0.2) is 72.8 Å². The van der Waals surface area contributed by atoms with E-state index in [0.717, 1.165) is 34.5 Å². The van der Waals surface area contributed by atoms with E-state index in [2.05, 4.69) is 5.32 Å². The van der Waals surface area contributed by atoms with Crippen LogP contribution >= 0.6 is 34.8 Å². The van der Waals surface area contributed by atoms with E-state index in [4.69, 9.17) is 34.8 Å². The lowest BCUT2D eigenvalue weighted by molar-refractivity contribution is -0.141. The standard InChI is InChI=1S/C31H36Cl3N3O4S/c1-3-4-17-35-31(39)29(20-23-10-6-5-7-11-23)36(22-24-12-8-13-25(32)19-24)30(38)14-9-18-37(42(2,40)41)28-21-26(33)15-16-27(28)34/h5-8,10-13,15-16,19,21,29H,3-4,9,14,17-18,20,22H2,1-2H3,(H,35,39)/t29-/m1/s1. The van der Waals surface area contributed by atoms with Crippen LogP contribution in [0.3, 0.4) is 0 Å². The van der Waals surface area contributed by atoms with Gasteiger partial charge < -0.3 is 10.2 Å². The van der Waals surface area contributed by atoms with Crippen LogP contribution in [-0.2, 0) is 32.6 Å². The van der Waals surface area contributed by atoms with Gasteiger partial charge in [0.25, 0.3) is 0 Å². The molecule has 0 aliphatic rings. The molecular weight excluding hydrogens is 617 g/mol. The van der Waals surface area contributed by atoms with Crippen molar-refractivity contribution in [1.82, 2.24) is 10.2 Å². The van der Waals surface area contributed by atoms with Crippen LogP contribution in [0.1, 0.15) is 43.7 Å². The lowest BCUT2D eigenvalue weighted by Gasteiger charge is -2.32. The molecule has 3 rings (SSSR count). The Hall–Kier alpha value is -2.78. The lowest BCUT2D eigenvalue weighted by Crippen LogP contribution is -2.50. The molecule has 0 saturated carbocycles. The third kappa shape index (κ3) is 10.2. The molecule has 3 aromatic carbocycles. The first-order chi connectivity index (χ1) is 20.0. The van der Waals surface area contributed by atoms with Crippen molar-refractivity contribution in [3.05, 3.63) is 99.0 Å². The van der Waals surface area contributed by atoms with Gasteiger partial charge in [-0.1, -0.05) is 90.6 Å². The average Bonchev–Trinajstić information content (AvgIpc) is 2.94. The number of nitrogens with one attached hydrogen (secondary N) is 1. The number of nitrogens with zero attached hydrogens (tertiary/aromatic N) is 2. The molecule has 0 fully saturated rings. The molecule has 0 aliphatic heterocycles. The molecular formula is C31H36Cl3N3O4S. The van der Waals surface area contributed by atoms with Gasteiger partial charge in [-0.3, -0.25) is 13.9 Å². The Morgan fingerprint density at radius 2 is 1.57 bits per heavy atom. The fourth-order valence-corrected chi connectivity index (χ4v) is 6.17. The maximum atomic E-state index is 13.9. The van der Waals surface area contributed by atoms with E-state index in [1.54, 1.807) is 29.2 Å². The molecule has 0 saturated heterocycles. The van der Waals surface area contributed by atoms with Crippen LogP contribution in [0.25, 0.3) is 0 Å². The second-order valence-electron chi connectivity index (χ2n) is 10.0. The van der Waals surface area contributed by atoms with Gasteiger partial charge in [0.15, 0.2) is 0 Å². The van der Waals surface area contributed by atoms with Gasteiger partial charge in [0.2, 0.25) is 21.8 Å². The zero-order chi connectivity index (χ0) is 30.7. The van der Waals surface area contributed by atoms with E-state index in [9.17, 15) is 18.0 Å². The van der Waals surface area contributed by atoms with Crippen LogP contribution in [0, 0.1) is 0 Å². The normalized spacial score (nSPS) is 12.0. The molecule has 226 valence electrons. The van der Waals surface area contributed by atoms with E-state index < -0.39 is 16.1 Å². The summed E-state index contributed by atoms with van der Waals surface area (Å²) in [6, 6.07) is 20.5. The topological polar surface area (TPSA) is 86.8 Å². The van der Waals surface area contributed by atoms with Gasteiger partial charge in [-0.2, -0.15) is 0 Å². The summed E-state index contributed by atoms with van der Waals surface area (Å²) in [5.41, 5.74) is 1.93. The first kappa shape index (κ1) is 33.7. The largest absolute Gasteiger partial charge is 0.354 e. The minimum Gasteiger partial charge on any atom is -0.354 e. The molecule has 0 unspecified atom stereocenters. The van der Waals surface area contributed by atoms with Crippen molar-refractivity contribution in [1.29, 1.82) is 0 Å². The summed E-state index contributed by atoms with van der Waals surface area (Å²) in [5.74, 6) is -0.529. The van der Waals surface area contributed by atoms with Crippen LogP contribution in [0.4, 0.5) is 5.69 Å². The van der Waals surface area contributed by atoms with Crippen molar-refractivity contribution >= 4 is 62.3 Å². The molecule has 0 heterocycles. The third-order valence-electron chi connectivity index (χ3n) is 6.67. The second-order valence-corrected chi connectivity index (χ2v) is 13.2. The summed E-state index contributed by atoms with van der Waals surface area (Å²) >= 11 is 18.7. The van der Waals surface area contributed by atoms with Crippen LogP contribution in [-0.4, -0.2) is 50.5 Å². The Kier molecular flexibility index (Phi) is 13.0. The Bertz CT molecular complexity index is 1450. The van der Waals surface area contributed by atoms with Gasteiger partial charge in [0.1, 0.15) is 6.04 Å². The van der Waals surface area contributed by atoms with Gasteiger partial charge >= 0.3 is 0 Å². The van der Waals surface area contributed by atoms with Crippen molar-refractivity contribution in [3.63, 3.8) is 0 Å². The van der Waals surface area contributed by atoms with E-state index in [0.29, 0.717) is 23.0 Å². The van der Waals surface area contributed by atoms with Gasteiger partial charge in [-0.05, 0) is 54.3 Å². The summed E-state index contributed by atoms with van der Waals surface area (Å²) in [6.07, 6.45) is 3.32. The molecule has 0 aromatic heterocycles. The monoisotopic (exact) mass is 651 g/mol. The predicted molar refractivity (Wildman–Crippen MR) is 172 cm³/mol. The molecule has 0 spiro atoms. The number of benzene rings is 3. The minimum absolute atomic E-state index is 0.00168. The maximum Gasteiger partial charge on any atom is 0.243 e. The number of carbonyl (C=O) groups is 2. The quantitative estimate of drug-likeness (QED) is 0.184. The SMILES string of the molecule is CCCCNC(=O)[C@@H](Cc1ccccc1)N(Cc1cccc(Cl)c1)C(=O)CCCN(c1cc(Cl)ccc1Cl)S(C)(=O)=O. The molecule has 1 N–H and O–H groups in total.